The van der Waals surface area contributed by atoms with Gasteiger partial charge in [-0.15, -0.1) is 0 Å². The quantitative estimate of drug-likeness (QED) is 0.929. The average molecular weight is 267 g/mol. The number of aromatic nitrogens is 2. The van der Waals surface area contributed by atoms with Gasteiger partial charge in [-0.1, -0.05) is 17.7 Å². The van der Waals surface area contributed by atoms with Crippen molar-refractivity contribution in [2.45, 2.75) is 32.6 Å². The number of aryl methyl sites for hydroxylation is 2. The van der Waals surface area contributed by atoms with Crippen molar-refractivity contribution >= 4 is 11.6 Å². The van der Waals surface area contributed by atoms with E-state index >= 15 is 0 Å². The fraction of sp³-hybridized carbons (Fsp3) is 0.312. The maximum atomic E-state index is 12.2. The summed E-state index contributed by atoms with van der Waals surface area (Å²) in [6.45, 7) is 4.02. The minimum atomic E-state index is -0.179. The number of rotatable bonds is 3. The van der Waals surface area contributed by atoms with E-state index in [9.17, 15) is 4.79 Å². The highest BCUT2D eigenvalue weighted by Gasteiger charge is 2.26. The van der Waals surface area contributed by atoms with E-state index in [1.807, 2.05) is 32.0 Å². The number of benzene rings is 1. The number of nitrogens with one attached hydrogen (secondary N) is 1. The zero-order valence-corrected chi connectivity index (χ0v) is 11.7. The molecule has 3 rings (SSSR count). The summed E-state index contributed by atoms with van der Waals surface area (Å²) in [5.41, 5.74) is 4.47. The molecule has 4 heteroatoms. The molecule has 1 amide bonds. The van der Waals surface area contributed by atoms with Crippen molar-refractivity contribution in [2.75, 3.05) is 5.32 Å². The third-order valence-electron chi connectivity index (χ3n) is 3.55. The number of hydrogen-bond donors (Lipinski definition) is 1. The molecule has 1 heterocycles. The monoisotopic (exact) mass is 267 g/mol. The Morgan fingerprint density at radius 2 is 2.00 bits per heavy atom. The van der Waals surface area contributed by atoms with E-state index in [1.54, 1.807) is 6.07 Å². The van der Waals surface area contributed by atoms with Gasteiger partial charge in [0.1, 0.15) is 12.0 Å². The lowest BCUT2D eigenvalue weighted by Crippen LogP contribution is -2.15. The molecule has 1 aliphatic rings. The molecule has 4 nitrogen and oxygen atoms in total. The van der Waals surface area contributed by atoms with E-state index in [4.69, 9.17) is 0 Å². The third kappa shape index (κ3) is 2.69. The first-order valence-corrected chi connectivity index (χ1v) is 6.84. The molecule has 1 aliphatic carbocycles. The Hall–Kier alpha value is -2.23. The highest BCUT2D eigenvalue weighted by Crippen LogP contribution is 2.38. The van der Waals surface area contributed by atoms with Crippen LogP contribution in [0.1, 0.15) is 46.1 Å². The molecule has 0 saturated heterocycles. The molecule has 1 N–H and O–H groups in total. The fourth-order valence-corrected chi connectivity index (χ4v) is 2.24. The van der Waals surface area contributed by atoms with E-state index in [0.717, 1.165) is 29.8 Å². The van der Waals surface area contributed by atoms with E-state index in [0.29, 0.717) is 11.6 Å². The number of anilines is 1. The minimum Gasteiger partial charge on any atom is -0.320 e. The van der Waals surface area contributed by atoms with Gasteiger partial charge in [-0.3, -0.25) is 4.79 Å². The van der Waals surface area contributed by atoms with Crippen molar-refractivity contribution in [1.29, 1.82) is 0 Å². The van der Waals surface area contributed by atoms with Gasteiger partial charge >= 0.3 is 0 Å². The van der Waals surface area contributed by atoms with Crippen LogP contribution in [0.25, 0.3) is 0 Å². The Bertz CT molecular complexity index is 663. The van der Waals surface area contributed by atoms with Crippen molar-refractivity contribution in [3.05, 3.63) is 53.1 Å². The zero-order valence-electron chi connectivity index (χ0n) is 11.7. The molecule has 0 radical (unpaired) electrons. The second-order valence-electron chi connectivity index (χ2n) is 5.37. The van der Waals surface area contributed by atoms with Gasteiger partial charge in [-0.25, -0.2) is 9.97 Å². The highest BCUT2D eigenvalue weighted by atomic mass is 16.1. The van der Waals surface area contributed by atoms with Crippen molar-refractivity contribution in [1.82, 2.24) is 9.97 Å². The molecule has 2 aromatic rings. The maximum Gasteiger partial charge on any atom is 0.274 e. The van der Waals surface area contributed by atoms with Crippen LogP contribution in [0.5, 0.6) is 0 Å². The maximum absolute atomic E-state index is 12.2. The smallest absolute Gasteiger partial charge is 0.274 e. The molecular formula is C16H17N3O. The van der Waals surface area contributed by atoms with Crippen molar-refractivity contribution < 1.29 is 4.79 Å². The second kappa shape index (κ2) is 5.04. The van der Waals surface area contributed by atoms with Crippen LogP contribution >= 0.6 is 0 Å². The molecule has 1 aromatic carbocycles. The van der Waals surface area contributed by atoms with Gasteiger partial charge in [0.05, 0.1) is 0 Å². The molecule has 0 atom stereocenters. The lowest BCUT2D eigenvalue weighted by Gasteiger charge is -2.09. The SMILES string of the molecule is Cc1ccc(NC(=O)c2cc(C3CC3)ncn2)c(C)c1. The summed E-state index contributed by atoms with van der Waals surface area (Å²) in [6.07, 6.45) is 3.80. The highest BCUT2D eigenvalue weighted by molar-refractivity contribution is 6.03. The summed E-state index contributed by atoms with van der Waals surface area (Å²) in [4.78, 5) is 20.5. The van der Waals surface area contributed by atoms with Crippen molar-refractivity contribution in [2.24, 2.45) is 0 Å². The molecular weight excluding hydrogens is 250 g/mol. The van der Waals surface area contributed by atoms with Crippen LogP contribution in [-0.4, -0.2) is 15.9 Å². The average Bonchev–Trinajstić information content (AvgIpc) is 3.26. The Morgan fingerprint density at radius 1 is 1.20 bits per heavy atom. The standard InChI is InChI=1S/C16H17N3O/c1-10-3-6-13(11(2)7-10)19-16(20)15-8-14(12-4-5-12)17-9-18-15/h3,6-9,12H,4-5H2,1-2H3,(H,19,20). The van der Waals surface area contributed by atoms with Gasteiger partial charge < -0.3 is 5.32 Å². The number of carbonyl (C=O) groups excluding carboxylic acids is 1. The Balaban J connectivity index is 1.80. The van der Waals surface area contributed by atoms with Gasteiger partial charge in [0.2, 0.25) is 0 Å². The van der Waals surface area contributed by atoms with Crippen LogP contribution < -0.4 is 5.32 Å². The summed E-state index contributed by atoms with van der Waals surface area (Å²) < 4.78 is 0. The summed E-state index contributed by atoms with van der Waals surface area (Å²) >= 11 is 0. The summed E-state index contributed by atoms with van der Waals surface area (Å²) in [5, 5.41) is 2.91. The largest absolute Gasteiger partial charge is 0.320 e. The predicted octanol–water partition coefficient (Wildman–Crippen LogP) is 3.22. The van der Waals surface area contributed by atoms with E-state index in [-0.39, 0.29) is 5.91 Å². The van der Waals surface area contributed by atoms with Crippen LogP contribution in [0.2, 0.25) is 0 Å². The fourth-order valence-electron chi connectivity index (χ4n) is 2.24. The Labute approximate surface area is 118 Å². The molecule has 0 aliphatic heterocycles. The third-order valence-corrected chi connectivity index (χ3v) is 3.55. The first-order valence-electron chi connectivity index (χ1n) is 6.84. The first kappa shape index (κ1) is 12.8. The number of nitrogens with zero attached hydrogens (tertiary/aromatic N) is 2. The number of amides is 1. The van der Waals surface area contributed by atoms with Crippen LogP contribution in [0.15, 0.2) is 30.6 Å². The molecule has 0 spiro atoms. The Kier molecular flexibility index (Phi) is 3.22. The molecule has 0 bridgehead atoms. The summed E-state index contributed by atoms with van der Waals surface area (Å²) in [6, 6.07) is 7.76. The Morgan fingerprint density at radius 3 is 2.70 bits per heavy atom. The summed E-state index contributed by atoms with van der Waals surface area (Å²) in [5.74, 6) is 0.340. The van der Waals surface area contributed by atoms with Gasteiger partial charge in [0, 0.05) is 17.3 Å². The summed E-state index contributed by atoms with van der Waals surface area (Å²) in [7, 11) is 0. The van der Waals surface area contributed by atoms with Crippen LogP contribution in [-0.2, 0) is 0 Å². The number of hydrogen-bond acceptors (Lipinski definition) is 3. The topological polar surface area (TPSA) is 54.9 Å². The van der Waals surface area contributed by atoms with Gasteiger partial charge in [0.15, 0.2) is 0 Å². The zero-order chi connectivity index (χ0) is 14.1. The van der Waals surface area contributed by atoms with Crippen LogP contribution in [0.3, 0.4) is 0 Å². The lowest BCUT2D eigenvalue weighted by molar-refractivity contribution is 0.102. The van der Waals surface area contributed by atoms with Gasteiger partial charge in [0.25, 0.3) is 5.91 Å². The van der Waals surface area contributed by atoms with Crippen LogP contribution in [0.4, 0.5) is 5.69 Å². The van der Waals surface area contributed by atoms with E-state index in [1.165, 1.54) is 11.9 Å². The predicted molar refractivity (Wildman–Crippen MR) is 77.9 cm³/mol. The molecule has 1 saturated carbocycles. The van der Waals surface area contributed by atoms with E-state index < -0.39 is 0 Å². The molecule has 1 fully saturated rings. The molecule has 1 aromatic heterocycles. The number of carbonyl (C=O) groups is 1. The molecule has 102 valence electrons. The van der Waals surface area contributed by atoms with Crippen LogP contribution in [0, 0.1) is 13.8 Å². The van der Waals surface area contributed by atoms with Gasteiger partial charge in [-0.2, -0.15) is 0 Å². The van der Waals surface area contributed by atoms with Crippen molar-refractivity contribution in [3.63, 3.8) is 0 Å². The molecule has 0 unspecified atom stereocenters. The first-order chi connectivity index (χ1) is 9.63. The lowest BCUT2D eigenvalue weighted by atomic mass is 10.1. The van der Waals surface area contributed by atoms with E-state index in [2.05, 4.69) is 15.3 Å². The minimum absolute atomic E-state index is 0.179. The molecule has 20 heavy (non-hydrogen) atoms. The van der Waals surface area contributed by atoms with Gasteiger partial charge in [-0.05, 0) is 44.4 Å². The normalized spacial score (nSPS) is 14.1. The second-order valence-corrected chi connectivity index (χ2v) is 5.37. The van der Waals surface area contributed by atoms with Crippen molar-refractivity contribution in [3.8, 4) is 0 Å².